The largest absolute Gasteiger partial charge is 0.493 e. The van der Waals surface area contributed by atoms with Gasteiger partial charge in [0.1, 0.15) is 11.6 Å². The second-order valence-electron chi connectivity index (χ2n) is 11.0. The van der Waals surface area contributed by atoms with Crippen LogP contribution in [0.3, 0.4) is 0 Å². The predicted molar refractivity (Wildman–Crippen MR) is 155 cm³/mol. The van der Waals surface area contributed by atoms with Gasteiger partial charge in [0.15, 0.2) is 0 Å². The van der Waals surface area contributed by atoms with Crippen LogP contribution in [0.5, 0.6) is 5.75 Å². The number of unbranched alkanes of at least 4 members (excludes halogenated alkanes) is 1. The first-order valence-electron chi connectivity index (χ1n) is 13.9. The van der Waals surface area contributed by atoms with Gasteiger partial charge in [-0.1, -0.05) is 50.2 Å². The standard InChI is InChI=1S/C33H39N3O2/c1-22(2)27-16-15-23(3)19-31(27)38-18-9-8-17-35-30-13-7-6-12-28(30)34-33(35)26-20-32(37)36(21-26)29-14-10-11-24(4)25(29)5/h6-7,10-16,19,22,26H,8-9,17-18,20-21H2,1-5H3. The van der Waals surface area contributed by atoms with Gasteiger partial charge >= 0.3 is 0 Å². The topological polar surface area (TPSA) is 47.4 Å². The fourth-order valence-corrected chi connectivity index (χ4v) is 5.58. The average molecular weight is 510 g/mol. The molecule has 198 valence electrons. The Hall–Kier alpha value is -3.60. The van der Waals surface area contributed by atoms with Gasteiger partial charge in [0.05, 0.1) is 17.6 Å². The minimum atomic E-state index is 0.0759. The molecular formula is C33H39N3O2. The van der Waals surface area contributed by atoms with E-state index in [-0.39, 0.29) is 11.8 Å². The van der Waals surface area contributed by atoms with Gasteiger partial charge in [-0.15, -0.1) is 0 Å². The summed E-state index contributed by atoms with van der Waals surface area (Å²) in [5.74, 6) is 2.71. The first-order valence-corrected chi connectivity index (χ1v) is 13.9. The van der Waals surface area contributed by atoms with Gasteiger partial charge in [0.25, 0.3) is 0 Å². The molecule has 5 heteroatoms. The summed E-state index contributed by atoms with van der Waals surface area (Å²) in [5.41, 5.74) is 8.02. The number of aromatic nitrogens is 2. The van der Waals surface area contributed by atoms with Crippen LogP contribution in [0, 0.1) is 20.8 Å². The van der Waals surface area contributed by atoms with Crippen LogP contribution in [0.4, 0.5) is 5.69 Å². The Kier molecular flexibility index (Phi) is 7.55. The number of fused-ring (bicyclic) bond motifs is 1. The van der Waals surface area contributed by atoms with E-state index in [0.29, 0.717) is 25.5 Å². The molecule has 1 aromatic heterocycles. The lowest BCUT2D eigenvalue weighted by Gasteiger charge is -2.20. The number of ether oxygens (including phenoxy) is 1. The summed E-state index contributed by atoms with van der Waals surface area (Å²) in [6, 6.07) is 21.0. The van der Waals surface area contributed by atoms with Gasteiger partial charge < -0.3 is 14.2 Å². The maximum atomic E-state index is 13.2. The van der Waals surface area contributed by atoms with E-state index >= 15 is 0 Å². The second kappa shape index (κ2) is 11.0. The number of carbonyl (C=O) groups excluding carboxylic acids is 1. The molecule has 1 aliphatic rings. The Bertz CT molecular complexity index is 1450. The van der Waals surface area contributed by atoms with E-state index in [9.17, 15) is 4.79 Å². The molecule has 1 unspecified atom stereocenters. The van der Waals surface area contributed by atoms with Crippen molar-refractivity contribution in [1.29, 1.82) is 0 Å². The van der Waals surface area contributed by atoms with Crippen molar-refractivity contribution in [2.75, 3.05) is 18.1 Å². The third-order valence-electron chi connectivity index (χ3n) is 7.87. The van der Waals surface area contributed by atoms with Gasteiger partial charge in [0, 0.05) is 31.1 Å². The van der Waals surface area contributed by atoms with E-state index in [1.54, 1.807) is 0 Å². The average Bonchev–Trinajstić information content (AvgIpc) is 3.46. The minimum absolute atomic E-state index is 0.0759. The molecule has 1 saturated heterocycles. The van der Waals surface area contributed by atoms with Crippen molar-refractivity contribution in [2.24, 2.45) is 0 Å². The molecule has 0 bridgehead atoms. The molecule has 5 rings (SSSR count). The summed E-state index contributed by atoms with van der Waals surface area (Å²) < 4.78 is 8.58. The zero-order valence-corrected chi connectivity index (χ0v) is 23.3. The zero-order chi connectivity index (χ0) is 26.8. The Morgan fingerprint density at radius 2 is 1.82 bits per heavy atom. The van der Waals surface area contributed by atoms with Crippen molar-refractivity contribution < 1.29 is 9.53 Å². The summed E-state index contributed by atoms with van der Waals surface area (Å²) >= 11 is 0. The lowest BCUT2D eigenvalue weighted by molar-refractivity contribution is -0.117. The van der Waals surface area contributed by atoms with Gasteiger partial charge in [-0.3, -0.25) is 4.79 Å². The van der Waals surface area contributed by atoms with Gasteiger partial charge in [-0.25, -0.2) is 4.98 Å². The molecule has 0 spiro atoms. The highest BCUT2D eigenvalue weighted by Crippen LogP contribution is 2.35. The summed E-state index contributed by atoms with van der Waals surface area (Å²) in [6.45, 7) is 12.9. The Balaban J connectivity index is 1.30. The number of hydrogen-bond acceptors (Lipinski definition) is 3. The number of imidazole rings is 1. The van der Waals surface area contributed by atoms with Crippen molar-refractivity contribution in [3.8, 4) is 5.75 Å². The maximum absolute atomic E-state index is 13.2. The van der Waals surface area contributed by atoms with Crippen LogP contribution >= 0.6 is 0 Å². The summed E-state index contributed by atoms with van der Waals surface area (Å²) in [6.07, 6.45) is 2.43. The normalized spacial score (nSPS) is 15.7. The first-order chi connectivity index (χ1) is 18.3. The first kappa shape index (κ1) is 26.0. The molecule has 1 fully saturated rings. The second-order valence-corrected chi connectivity index (χ2v) is 11.0. The van der Waals surface area contributed by atoms with Gasteiger partial charge in [0.2, 0.25) is 5.91 Å². The molecule has 2 heterocycles. The molecule has 3 aromatic carbocycles. The molecule has 0 saturated carbocycles. The number of para-hydroxylation sites is 2. The summed E-state index contributed by atoms with van der Waals surface area (Å²) in [4.78, 5) is 20.1. The van der Waals surface area contributed by atoms with Crippen LogP contribution < -0.4 is 9.64 Å². The van der Waals surface area contributed by atoms with Crippen molar-refractivity contribution in [3.05, 3.63) is 88.7 Å². The van der Waals surface area contributed by atoms with Crippen molar-refractivity contribution in [1.82, 2.24) is 9.55 Å². The number of carbonyl (C=O) groups is 1. The number of hydrogen-bond donors (Lipinski definition) is 0. The Morgan fingerprint density at radius 3 is 2.63 bits per heavy atom. The van der Waals surface area contributed by atoms with Crippen molar-refractivity contribution >= 4 is 22.6 Å². The predicted octanol–water partition coefficient (Wildman–Crippen LogP) is 7.46. The van der Waals surface area contributed by atoms with Gasteiger partial charge in [-0.05, 0) is 86.1 Å². The Labute approximate surface area is 226 Å². The molecule has 0 radical (unpaired) electrons. The molecule has 4 aromatic rings. The Morgan fingerprint density at radius 1 is 1.00 bits per heavy atom. The highest BCUT2D eigenvalue weighted by atomic mass is 16.5. The number of rotatable bonds is 9. The molecule has 0 aliphatic carbocycles. The third-order valence-corrected chi connectivity index (χ3v) is 7.87. The fourth-order valence-electron chi connectivity index (χ4n) is 5.58. The van der Waals surface area contributed by atoms with Crippen LogP contribution in [-0.2, 0) is 11.3 Å². The maximum Gasteiger partial charge on any atom is 0.227 e. The lowest BCUT2D eigenvalue weighted by Crippen LogP contribution is -2.25. The highest BCUT2D eigenvalue weighted by molar-refractivity contribution is 5.97. The van der Waals surface area contributed by atoms with Crippen LogP contribution in [0.15, 0.2) is 60.7 Å². The van der Waals surface area contributed by atoms with Gasteiger partial charge in [-0.2, -0.15) is 0 Å². The highest BCUT2D eigenvalue weighted by Gasteiger charge is 2.35. The molecule has 1 atom stereocenters. The van der Waals surface area contributed by atoms with E-state index in [2.05, 4.69) is 87.7 Å². The SMILES string of the molecule is Cc1ccc(C(C)C)c(OCCCCn2c(C3CC(=O)N(c4cccc(C)c4C)C3)nc3ccccc32)c1. The number of nitrogens with zero attached hydrogens (tertiary/aromatic N) is 3. The van der Waals surface area contributed by atoms with E-state index in [0.717, 1.165) is 47.7 Å². The third kappa shape index (κ3) is 5.20. The molecule has 1 aliphatic heterocycles. The van der Waals surface area contributed by atoms with E-state index < -0.39 is 0 Å². The lowest BCUT2D eigenvalue weighted by atomic mass is 10.0. The van der Waals surface area contributed by atoms with Crippen LogP contribution in [0.25, 0.3) is 11.0 Å². The minimum Gasteiger partial charge on any atom is -0.493 e. The molecule has 5 nitrogen and oxygen atoms in total. The molecule has 1 amide bonds. The smallest absolute Gasteiger partial charge is 0.227 e. The fraction of sp³-hybridized carbons (Fsp3) is 0.394. The molecule has 0 N–H and O–H groups in total. The molecule has 38 heavy (non-hydrogen) atoms. The van der Waals surface area contributed by atoms with Crippen LogP contribution in [0.2, 0.25) is 0 Å². The van der Waals surface area contributed by atoms with Crippen molar-refractivity contribution in [2.45, 2.75) is 72.3 Å². The van der Waals surface area contributed by atoms with E-state index in [4.69, 9.17) is 9.72 Å². The van der Waals surface area contributed by atoms with E-state index in [1.165, 1.54) is 22.3 Å². The quantitative estimate of drug-likeness (QED) is 0.220. The van der Waals surface area contributed by atoms with Crippen LogP contribution in [-0.4, -0.2) is 28.6 Å². The zero-order valence-electron chi connectivity index (χ0n) is 23.3. The number of aryl methyl sites for hydroxylation is 3. The summed E-state index contributed by atoms with van der Waals surface area (Å²) in [7, 11) is 0. The number of amides is 1. The van der Waals surface area contributed by atoms with Crippen LogP contribution in [0.1, 0.15) is 73.0 Å². The monoisotopic (exact) mass is 509 g/mol. The number of benzene rings is 3. The van der Waals surface area contributed by atoms with Crippen molar-refractivity contribution in [3.63, 3.8) is 0 Å². The van der Waals surface area contributed by atoms with E-state index in [1.807, 2.05) is 17.0 Å². The number of anilines is 1. The summed E-state index contributed by atoms with van der Waals surface area (Å²) in [5, 5.41) is 0. The molecular weight excluding hydrogens is 470 g/mol.